The fourth-order valence-corrected chi connectivity index (χ4v) is 13.0. The average molecular weight is 515 g/mol. The summed E-state index contributed by atoms with van der Waals surface area (Å²) >= 11 is -0.839. The van der Waals surface area contributed by atoms with Gasteiger partial charge in [-0.2, -0.15) is 6.42 Å². The van der Waals surface area contributed by atoms with Crippen molar-refractivity contribution in [1.29, 1.82) is 0 Å². The number of rotatable bonds is 10. The Morgan fingerprint density at radius 2 is 1.19 bits per heavy atom. The van der Waals surface area contributed by atoms with Gasteiger partial charge in [-0.25, -0.2) is 0 Å². The summed E-state index contributed by atoms with van der Waals surface area (Å²) < 4.78 is 5.04. The summed E-state index contributed by atoms with van der Waals surface area (Å²) in [5.41, 5.74) is 0. The van der Waals surface area contributed by atoms with Crippen molar-refractivity contribution in [3.05, 3.63) is 6.42 Å². The fraction of sp³-hybridized carbons (Fsp3) is 0.957. The molecule has 0 aromatic rings. The molecule has 0 saturated heterocycles. The van der Waals surface area contributed by atoms with Gasteiger partial charge in [0.2, 0.25) is 0 Å². The van der Waals surface area contributed by atoms with Crippen LogP contribution in [0.1, 0.15) is 111 Å². The van der Waals surface area contributed by atoms with Crippen LogP contribution < -0.4 is 0 Å². The Bertz CT molecular complexity index is 214. The van der Waals surface area contributed by atoms with Crippen molar-refractivity contribution in [2.45, 2.75) is 124 Å². The maximum atomic E-state index is 8.53. The topological polar surface area (TPSA) is 20.2 Å². The molecule has 1 N–H and O–H groups in total. The van der Waals surface area contributed by atoms with Crippen LogP contribution in [-0.4, -0.2) is 31.5 Å². The summed E-state index contributed by atoms with van der Waals surface area (Å²) in [6.07, 6.45) is 22.3. The maximum absolute atomic E-state index is 8.53. The van der Waals surface area contributed by atoms with Crippen molar-refractivity contribution in [3.8, 4) is 0 Å². The Morgan fingerprint density at radius 3 is 1.42 bits per heavy atom. The molecule has 2 rings (SSSR count). The third-order valence-electron chi connectivity index (χ3n) is 5.42. The molecule has 3 heteroatoms. The summed E-state index contributed by atoms with van der Waals surface area (Å²) in [6.45, 7) is 7.36. The molecule has 0 aromatic carbocycles. The van der Waals surface area contributed by atoms with E-state index >= 15 is 0 Å². The quantitative estimate of drug-likeness (QED) is 0.233. The Kier molecular flexibility index (Phi) is 27.6. The van der Waals surface area contributed by atoms with Crippen LogP contribution in [0.2, 0.25) is 13.3 Å². The second kappa shape index (κ2) is 24.3. The van der Waals surface area contributed by atoms with Crippen molar-refractivity contribution < 1.29 is 22.2 Å². The van der Waals surface area contributed by atoms with Gasteiger partial charge >= 0.3 is 109 Å². The second-order valence-electron chi connectivity index (χ2n) is 7.94. The monoisotopic (exact) mass is 516 g/mol. The number of unbranched alkanes of at least 4 members (excludes halogenated alkanes) is 3. The maximum Gasteiger partial charge on any atom is 2.00 e. The van der Waals surface area contributed by atoms with Gasteiger partial charge in [-0.05, 0) is 0 Å². The average Bonchev–Trinajstić information content (AvgIpc) is 3.37. The zero-order chi connectivity index (χ0) is 18.6. The molecule has 0 amide bonds. The van der Waals surface area contributed by atoms with Crippen molar-refractivity contribution in [2.24, 2.45) is 5.92 Å². The summed E-state index contributed by atoms with van der Waals surface area (Å²) in [5, 5.41) is 8.53. The van der Waals surface area contributed by atoms with Crippen LogP contribution >= 0.6 is 0 Å². The SMILES string of the molecule is C1CCCC1.CCC[CH2][Sn+]([CH2]CCC)[CH2]CCC.OCC1[CH-]CCC1.[Fe+2]. The second-order valence-corrected chi connectivity index (χ2v) is 16.5. The van der Waals surface area contributed by atoms with E-state index in [2.05, 4.69) is 27.2 Å². The molecular weight excluding hydrogens is 467 g/mol. The fourth-order valence-electron chi connectivity index (χ4n) is 3.56. The van der Waals surface area contributed by atoms with E-state index in [4.69, 9.17) is 5.11 Å². The van der Waals surface area contributed by atoms with E-state index in [0.717, 1.165) is 0 Å². The first kappa shape index (κ1) is 29.5. The minimum atomic E-state index is -0.839. The standard InChI is InChI=1S/C6H11O.C5H10.3C4H9.Fe.Sn/c7-5-6-3-1-2-4-6;1-2-4-5-3-1;3*1-3-4-2;;/h3,6-7H,1-2,4-5H2;1-5H2;3*1,3-4H2,2H3;;/q-1;;;;;+2;+1. The van der Waals surface area contributed by atoms with Crippen molar-refractivity contribution in [1.82, 2.24) is 0 Å². The van der Waals surface area contributed by atoms with Crippen LogP contribution in [-0.2, 0) is 17.1 Å². The van der Waals surface area contributed by atoms with Crippen molar-refractivity contribution in [2.75, 3.05) is 6.61 Å². The van der Waals surface area contributed by atoms with E-state index in [9.17, 15) is 0 Å². The Labute approximate surface area is 184 Å². The molecule has 0 aromatic heterocycles. The number of hydrogen-bond donors (Lipinski definition) is 1. The van der Waals surface area contributed by atoms with E-state index in [-0.39, 0.29) is 17.1 Å². The molecule has 0 aliphatic heterocycles. The molecule has 1 nitrogen and oxygen atoms in total. The van der Waals surface area contributed by atoms with E-state index in [0.29, 0.717) is 12.5 Å². The van der Waals surface area contributed by atoms with Gasteiger partial charge < -0.3 is 11.5 Å². The van der Waals surface area contributed by atoms with Gasteiger partial charge in [0.15, 0.2) is 0 Å². The number of aliphatic hydroxyl groups excluding tert-OH is 1. The van der Waals surface area contributed by atoms with Crippen LogP contribution in [0.25, 0.3) is 0 Å². The molecule has 1 atom stereocenters. The van der Waals surface area contributed by atoms with Gasteiger partial charge in [0.25, 0.3) is 0 Å². The van der Waals surface area contributed by atoms with Gasteiger partial charge in [0, 0.05) is 6.61 Å². The summed E-state index contributed by atoms with van der Waals surface area (Å²) in [4.78, 5) is 0. The number of hydrogen-bond acceptors (Lipinski definition) is 1. The minimum Gasteiger partial charge on any atom is -0.399 e. The largest absolute Gasteiger partial charge is 2.00 e. The van der Waals surface area contributed by atoms with E-state index in [1.165, 1.54) is 89.9 Å². The molecule has 0 bridgehead atoms. The smallest absolute Gasteiger partial charge is 0.399 e. The third kappa shape index (κ3) is 20.0. The molecule has 0 radical (unpaired) electrons. The zero-order valence-electron chi connectivity index (χ0n) is 18.2. The molecule has 2 fully saturated rings. The summed E-state index contributed by atoms with van der Waals surface area (Å²) in [7, 11) is 0. The van der Waals surface area contributed by atoms with Crippen LogP contribution in [0, 0.1) is 12.3 Å². The molecule has 2 saturated carbocycles. The molecule has 2 aliphatic rings. The first-order valence-electron chi connectivity index (χ1n) is 11.6. The summed E-state index contributed by atoms with van der Waals surface area (Å²) in [6, 6.07) is 0. The van der Waals surface area contributed by atoms with E-state index < -0.39 is 19.8 Å². The Hall–Kier alpha value is 1.28. The Balaban J connectivity index is 0. The van der Waals surface area contributed by atoms with Gasteiger partial charge in [0.1, 0.15) is 0 Å². The van der Waals surface area contributed by atoms with Gasteiger partial charge in [0.05, 0.1) is 0 Å². The van der Waals surface area contributed by atoms with E-state index in [1.807, 2.05) is 0 Å². The van der Waals surface area contributed by atoms with Gasteiger partial charge in [-0.15, -0.1) is 5.92 Å². The molecule has 156 valence electrons. The predicted octanol–water partition coefficient (Wildman–Crippen LogP) is 7.81. The van der Waals surface area contributed by atoms with Gasteiger partial charge in [-0.1, -0.05) is 44.9 Å². The first-order valence-corrected chi connectivity index (χ1v) is 17.6. The minimum absolute atomic E-state index is 0. The van der Waals surface area contributed by atoms with E-state index in [1.54, 1.807) is 13.3 Å². The molecular formula is C23H48FeOSn+2. The zero-order valence-corrected chi connectivity index (χ0v) is 22.1. The Morgan fingerprint density at radius 1 is 0.769 bits per heavy atom. The van der Waals surface area contributed by atoms with Crippen LogP contribution in [0.5, 0.6) is 0 Å². The first-order chi connectivity index (χ1) is 12.3. The van der Waals surface area contributed by atoms with Gasteiger partial charge in [-0.3, -0.25) is 0 Å². The molecule has 0 spiro atoms. The third-order valence-corrected chi connectivity index (χ3v) is 14.5. The molecule has 1 unspecified atom stereocenters. The van der Waals surface area contributed by atoms with Crippen LogP contribution in [0.15, 0.2) is 0 Å². The van der Waals surface area contributed by atoms with Crippen LogP contribution in [0.4, 0.5) is 0 Å². The van der Waals surface area contributed by atoms with Crippen LogP contribution in [0.3, 0.4) is 0 Å². The molecule has 0 heterocycles. The molecule has 26 heavy (non-hydrogen) atoms. The molecule has 2 aliphatic carbocycles. The number of aliphatic hydroxyl groups is 1. The van der Waals surface area contributed by atoms with Crippen molar-refractivity contribution >= 4 is 19.8 Å². The predicted molar refractivity (Wildman–Crippen MR) is 117 cm³/mol. The summed E-state index contributed by atoms with van der Waals surface area (Å²) in [5.74, 6) is 0.528. The normalized spacial score (nSPS) is 18.2. The van der Waals surface area contributed by atoms with Crippen molar-refractivity contribution in [3.63, 3.8) is 0 Å².